The lowest BCUT2D eigenvalue weighted by molar-refractivity contribution is -0.114. The number of amides is 2. The van der Waals surface area contributed by atoms with Crippen molar-refractivity contribution in [2.24, 2.45) is 5.73 Å². The second-order valence-corrected chi connectivity index (χ2v) is 9.15. The van der Waals surface area contributed by atoms with Gasteiger partial charge < -0.3 is 11.1 Å². The number of rotatable bonds is 10. The summed E-state index contributed by atoms with van der Waals surface area (Å²) in [5.74, 6) is -1.35. The van der Waals surface area contributed by atoms with Crippen molar-refractivity contribution in [2.75, 3.05) is 12.9 Å². The summed E-state index contributed by atoms with van der Waals surface area (Å²) in [6, 6.07) is 10.5. The molecule has 4 N–H and O–H groups in total. The highest BCUT2D eigenvalue weighted by Gasteiger charge is 2.25. The fourth-order valence-electron chi connectivity index (χ4n) is 2.13. The van der Waals surface area contributed by atoms with Crippen LogP contribution in [-0.4, -0.2) is 47.7 Å². The molecule has 0 fully saturated rings. The first-order valence-corrected chi connectivity index (χ1v) is 10.8. The van der Waals surface area contributed by atoms with Crippen molar-refractivity contribution >= 4 is 33.6 Å². The Balaban J connectivity index is 2.16. The third-order valence-corrected chi connectivity index (χ3v) is 6.97. The van der Waals surface area contributed by atoms with Gasteiger partial charge in [0.25, 0.3) is 5.91 Å². The molecule has 29 heavy (non-hydrogen) atoms. The number of benzene rings is 1. The van der Waals surface area contributed by atoms with Crippen molar-refractivity contribution in [3.8, 4) is 0 Å². The van der Waals surface area contributed by atoms with E-state index in [-0.39, 0.29) is 27.9 Å². The van der Waals surface area contributed by atoms with E-state index in [9.17, 15) is 18.0 Å². The zero-order chi connectivity index (χ0) is 21.4. The molecule has 2 amide bonds. The van der Waals surface area contributed by atoms with Crippen LogP contribution in [0.5, 0.6) is 0 Å². The number of primary amides is 1. The number of nitrogens with zero attached hydrogens (tertiary/aromatic N) is 2. The van der Waals surface area contributed by atoms with Crippen LogP contribution >= 0.6 is 11.8 Å². The molecule has 0 unspecified atom stereocenters. The molecule has 1 aromatic carbocycles. The summed E-state index contributed by atoms with van der Waals surface area (Å²) in [7, 11) is -2.54. The number of H-pyrrole nitrogens is 1. The Labute approximate surface area is 173 Å². The normalized spacial score (nSPS) is 12.0. The summed E-state index contributed by atoms with van der Waals surface area (Å²) < 4.78 is 27.0. The maximum atomic E-state index is 13.0. The van der Waals surface area contributed by atoms with Gasteiger partial charge in [0.2, 0.25) is 15.9 Å². The Morgan fingerprint density at radius 3 is 2.59 bits per heavy atom. The highest BCUT2D eigenvalue weighted by Crippen LogP contribution is 2.26. The number of hydrogen-bond donors (Lipinski definition) is 3. The zero-order valence-electron chi connectivity index (χ0n) is 15.7. The summed E-state index contributed by atoms with van der Waals surface area (Å²) in [6.07, 6.45) is 2.53. The van der Waals surface area contributed by atoms with Crippen LogP contribution in [0.25, 0.3) is 0 Å². The number of aromatic nitrogens is 2. The Morgan fingerprint density at radius 2 is 2.00 bits per heavy atom. The summed E-state index contributed by atoms with van der Waals surface area (Å²) >= 11 is 0.835. The number of sulfonamides is 1. The van der Waals surface area contributed by atoms with Crippen LogP contribution in [-0.2, 0) is 21.4 Å². The molecule has 0 spiro atoms. The van der Waals surface area contributed by atoms with Gasteiger partial charge in [-0.2, -0.15) is 9.40 Å². The number of thioether (sulfide) groups is 1. The predicted octanol–water partition coefficient (Wildman–Crippen LogP) is 1.17. The first-order valence-electron chi connectivity index (χ1n) is 8.33. The molecule has 0 saturated carbocycles. The second-order valence-electron chi connectivity index (χ2n) is 5.86. The number of nitrogens with one attached hydrogen (secondary N) is 2. The molecular formula is C18H21N5O4S2. The standard InChI is InChI=1S/C18H21N5O4S2/c1-13(17(19)24)10-16(28-12-20-18(25)15-8-9-21-22-15)29(26,27)23(2)11-14-6-4-3-5-7-14/h3-10H,1,11-12H2,2H3,(H2,19,24)(H,20,25)(H,21,22)/b16-10+. The van der Waals surface area contributed by atoms with Gasteiger partial charge in [-0.3, -0.25) is 14.7 Å². The lowest BCUT2D eigenvalue weighted by Gasteiger charge is -2.19. The highest BCUT2D eigenvalue weighted by molar-refractivity contribution is 8.17. The molecule has 2 rings (SSSR count). The molecule has 0 aliphatic carbocycles. The largest absolute Gasteiger partial charge is 0.366 e. The number of carbonyl (C=O) groups is 2. The molecule has 154 valence electrons. The van der Waals surface area contributed by atoms with E-state index in [4.69, 9.17) is 5.73 Å². The SMILES string of the molecule is C=C(/C=C(\SCNC(=O)c1ccn[nH]1)S(=O)(=O)N(C)Cc1ccccc1)C(N)=O. The lowest BCUT2D eigenvalue weighted by Crippen LogP contribution is -2.29. The van der Waals surface area contributed by atoms with Gasteiger partial charge in [0, 0.05) is 25.4 Å². The quantitative estimate of drug-likeness (QED) is 0.291. The van der Waals surface area contributed by atoms with E-state index in [1.165, 1.54) is 19.3 Å². The van der Waals surface area contributed by atoms with Crippen LogP contribution in [0.15, 0.2) is 65.1 Å². The first kappa shape index (κ1) is 22.4. The molecule has 0 bridgehead atoms. The molecule has 0 atom stereocenters. The van der Waals surface area contributed by atoms with Crippen LogP contribution in [0, 0.1) is 0 Å². The third-order valence-electron chi connectivity index (χ3n) is 3.71. The van der Waals surface area contributed by atoms with Gasteiger partial charge in [0.1, 0.15) is 9.93 Å². The third kappa shape index (κ3) is 6.31. The summed E-state index contributed by atoms with van der Waals surface area (Å²) in [5, 5.41) is 8.75. The molecule has 0 aliphatic rings. The number of hydrogen-bond acceptors (Lipinski definition) is 6. The second kappa shape index (κ2) is 10.0. The van der Waals surface area contributed by atoms with Crippen LogP contribution < -0.4 is 11.1 Å². The fourth-order valence-corrected chi connectivity index (χ4v) is 4.78. The smallest absolute Gasteiger partial charge is 0.269 e. The summed E-state index contributed by atoms with van der Waals surface area (Å²) in [4.78, 5) is 23.3. The van der Waals surface area contributed by atoms with Crippen molar-refractivity contribution in [1.29, 1.82) is 0 Å². The molecule has 0 aliphatic heterocycles. The van der Waals surface area contributed by atoms with E-state index in [1.807, 2.05) is 6.07 Å². The molecule has 9 nitrogen and oxygen atoms in total. The lowest BCUT2D eigenvalue weighted by atomic mass is 10.2. The van der Waals surface area contributed by atoms with E-state index in [1.54, 1.807) is 24.3 Å². The number of aromatic amines is 1. The molecule has 0 radical (unpaired) electrons. The van der Waals surface area contributed by atoms with Crippen molar-refractivity contribution in [3.05, 3.63) is 76.3 Å². The van der Waals surface area contributed by atoms with Crippen LogP contribution in [0.2, 0.25) is 0 Å². The van der Waals surface area contributed by atoms with E-state index in [0.29, 0.717) is 0 Å². The number of carbonyl (C=O) groups excluding carboxylic acids is 2. The van der Waals surface area contributed by atoms with Gasteiger partial charge in [-0.05, 0) is 17.7 Å². The average Bonchev–Trinajstić information content (AvgIpc) is 3.22. The Morgan fingerprint density at radius 1 is 1.31 bits per heavy atom. The van der Waals surface area contributed by atoms with Crippen molar-refractivity contribution in [1.82, 2.24) is 19.8 Å². The van der Waals surface area contributed by atoms with E-state index < -0.39 is 21.8 Å². The molecule has 11 heteroatoms. The average molecular weight is 436 g/mol. The minimum absolute atomic E-state index is 0.0614. The molecule has 2 aromatic rings. The maximum Gasteiger partial charge on any atom is 0.269 e. The molecule has 1 aromatic heterocycles. The topological polar surface area (TPSA) is 138 Å². The van der Waals surface area contributed by atoms with Crippen molar-refractivity contribution < 1.29 is 18.0 Å². The van der Waals surface area contributed by atoms with Gasteiger partial charge in [-0.25, -0.2) is 8.42 Å². The highest BCUT2D eigenvalue weighted by atomic mass is 32.3. The van der Waals surface area contributed by atoms with E-state index >= 15 is 0 Å². The Bertz CT molecular complexity index is 1000. The van der Waals surface area contributed by atoms with Crippen LogP contribution in [0.4, 0.5) is 0 Å². The molecular weight excluding hydrogens is 414 g/mol. The zero-order valence-corrected chi connectivity index (χ0v) is 17.3. The molecule has 0 saturated heterocycles. The maximum absolute atomic E-state index is 13.0. The first-order chi connectivity index (χ1) is 13.7. The van der Waals surface area contributed by atoms with Gasteiger partial charge in [0.15, 0.2) is 0 Å². The summed E-state index contributed by atoms with van der Waals surface area (Å²) in [5.41, 5.74) is 6.06. The Kier molecular flexibility index (Phi) is 7.76. The van der Waals surface area contributed by atoms with Crippen LogP contribution in [0.3, 0.4) is 0 Å². The number of nitrogens with two attached hydrogens (primary N) is 1. The molecule has 1 heterocycles. The van der Waals surface area contributed by atoms with E-state index in [0.717, 1.165) is 27.7 Å². The predicted molar refractivity (Wildman–Crippen MR) is 112 cm³/mol. The monoisotopic (exact) mass is 435 g/mol. The van der Waals surface area contributed by atoms with E-state index in [2.05, 4.69) is 22.1 Å². The Hall–Kier alpha value is -2.89. The van der Waals surface area contributed by atoms with Crippen molar-refractivity contribution in [3.63, 3.8) is 0 Å². The fraction of sp³-hybridized carbons (Fsp3) is 0.167. The van der Waals surface area contributed by atoms with Gasteiger partial charge >= 0.3 is 0 Å². The minimum atomic E-state index is -3.96. The van der Waals surface area contributed by atoms with Crippen molar-refractivity contribution in [2.45, 2.75) is 6.54 Å². The van der Waals surface area contributed by atoms with Gasteiger partial charge in [-0.15, -0.1) is 0 Å². The minimum Gasteiger partial charge on any atom is -0.366 e. The van der Waals surface area contributed by atoms with Gasteiger partial charge in [-0.1, -0.05) is 48.7 Å². The summed E-state index contributed by atoms with van der Waals surface area (Å²) in [6.45, 7) is 3.62. The van der Waals surface area contributed by atoms with Gasteiger partial charge in [0.05, 0.1) is 5.88 Å². The van der Waals surface area contributed by atoms with Crippen LogP contribution in [0.1, 0.15) is 16.1 Å².